The van der Waals surface area contributed by atoms with Gasteiger partial charge >= 0.3 is 5.97 Å². The second kappa shape index (κ2) is 3.32. The molecule has 64 valence electrons. The maximum Gasteiger partial charge on any atom is 0.360 e. The first-order valence-corrected chi connectivity index (χ1v) is 3.31. The normalized spacial score (nSPS) is 9.42. The predicted octanol–water partition coefficient (Wildman–Crippen LogP) is 1.41. The van der Waals surface area contributed by atoms with Gasteiger partial charge in [-0.3, -0.25) is 0 Å². The average Bonchev–Trinajstić information content (AvgIpc) is 2.03. The molecule has 1 aromatic carbocycles. The number of carbonyl (C=O) groups is 1. The molecule has 1 aromatic rings. The second-order valence-corrected chi connectivity index (χ2v) is 2.22. The van der Waals surface area contributed by atoms with Gasteiger partial charge in [0.15, 0.2) is 0 Å². The largest absolute Gasteiger partial charge is 0.508 e. The Balaban J connectivity index is 3.09. The summed E-state index contributed by atoms with van der Waals surface area (Å²) in [6, 6.07) is 3.46. The standard InChI is InChI=1S/C7H5ClO4/c8-12-7(11)5-2-1-4(9)3-6(5)10/h1-3,9-10H. The van der Waals surface area contributed by atoms with Gasteiger partial charge in [0, 0.05) is 6.07 Å². The van der Waals surface area contributed by atoms with Crippen LogP contribution in [0.1, 0.15) is 10.4 Å². The summed E-state index contributed by atoms with van der Waals surface area (Å²) in [5.41, 5.74) is -0.0946. The summed E-state index contributed by atoms with van der Waals surface area (Å²) in [6.07, 6.45) is 0. The van der Waals surface area contributed by atoms with Gasteiger partial charge in [0.2, 0.25) is 0 Å². The van der Waals surface area contributed by atoms with E-state index in [2.05, 4.69) is 4.29 Å². The van der Waals surface area contributed by atoms with Crippen molar-refractivity contribution < 1.29 is 19.3 Å². The van der Waals surface area contributed by atoms with Crippen LogP contribution in [0.25, 0.3) is 0 Å². The Kier molecular flexibility index (Phi) is 2.40. The summed E-state index contributed by atoms with van der Waals surface area (Å²) in [7, 11) is 0. The molecule has 4 nitrogen and oxygen atoms in total. The highest BCUT2D eigenvalue weighted by Gasteiger charge is 2.11. The van der Waals surface area contributed by atoms with Crippen molar-refractivity contribution in [3.63, 3.8) is 0 Å². The Morgan fingerprint density at radius 3 is 2.58 bits per heavy atom. The number of halogens is 1. The van der Waals surface area contributed by atoms with Crippen molar-refractivity contribution in [2.45, 2.75) is 0 Å². The van der Waals surface area contributed by atoms with E-state index in [0.29, 0.717) is 0 Å². The Morgan fingerprint density at radius 1 is 1.42 bits per heavy atom. The number of hydrogen-bond donors (Lipinski definition) is 2. The molecule has 0 aliphatic heterocycles. The zero-order valence-corrected chi connectivity index (χ0v) is 6.58. The van der Waals surface area contributed by atoms with Gasteiger partial charge < -0.3 is 14.5 Å². The van der Waals surface area contributed by atoms with E-state index in [1.807, 2.05) is 0 Å². The molecule has 0 bridgehead atoms. The Morgan fingerprint density at radius 2 is 2.08 bits per heavy atom. The molecule has 2 N–H and O–H groups in total. The summed E-state index contributed by atoms with van der Waals surface area (Å²) < 4.78 is 3.85. The van der Waals surface area contributed by atoms with Crippen LogP contribution in [-0.4, -0.2) is 16.2 Å². The second-order valence-electron chi connectivity index (χ2n) is 2.07. The van der Waals surface area contributed by atoms with Crippen molar-refractivity contribution in [3.8, 4) is 11.5 Å². The maximum absolute atomic E-state index is 10.7. The van der Waals surface area contributed by atoms with Crippen LogP contribution in [0.2, 0.25) is 0 Å². The average molecular weight is 189 g/mol. The molecule has 1 rings (SSSR count). The first-order chi connectivity index (χ1) is 5.65. The number of phenolic OH excluding ortho intramolecular Hbond substituents is 2. The summed E-state index contributed by atoms with van der Waals surface area (Å²) in [6.45, 7) is 0. The van der Waals surface area contributed by atoms with Gasteiger partial charge in [0.25, 0.3) is 0 Å². The first-order valence-electron chi connectivity index (χ1n) is 3.00. The highest BCUT2D eigenvalue weighted by atomic mass is 35.5. The lowest BCUT2D eigenvalue weighted by molar-refractivity contribution is 0.0748. The fourth-order valence-corrected chi connectivity index (χ4v) is 0.817. The topological polar surface area (TPSA) is 66.8 Å². The lowest BCUT2D eigenvalue weighted by Gasteiger charge is -1.99. The molecule has 0 aliphatic carbocycles. The summed E-state index contributed by atoms with van der Waals surface area (Å²) in [5, 5.41) is 17.9. The van der Waals surface area contributed by atoms with Crippen molar-refractivity contribution in [2.75, 3.05) is 0 Å². The number of carbonyl (C=O) groups excluding carboxylic acids is 1. The number of rotatable bonds is 1. The molecule has 12 heavy (non-hydrogen) atoms. The summed E-state index contributed by atoms with van der Waals surface area (Å²) in [5.74, 6) is -1.38. The van der Waals surface area contributed by atoms with Gasteiger partial charge in [-0.15, -0.1) is 0 Å². The molecular weight excluding hydrogens is 184 g/mol. The lowest BCUT2D eigenvalue weighted by Crippen LogP contribution is -1.97. The van der Waals surface area contributed by atoms with Crippen molar-refractivity contribution in [2.24, 2.45) is 0 Å². The van der Waals surface area contributed by atoms with Crippen LogP contribution in [0.5, 0.6) is 11.5 Å². The van der Waals surface area contributed by atoms with E-state index in [9.17, 15) is 4.79 Å². The minimum absolute atomic E-state index is 0.0946. The quantitative estimate of drug-likeness (QED) is 0.699. The van der Waals surface area contributed by atoms with Gasteiger partial charge in [-0.2, -0.15) is 0 Å². The molecule has 0 heterocycles. The highest BCUT2D eigenvalue weighted by molar-refractivity contribution is 6.16. The number of phenols is 2. The zero-order chi connectivity index (χ0) is 9.14. The Hall–Kier alpha value is -1.42. The molecule has 0 aliphatic rings. The monoisotopic (exact) mass is 188 g/mol. The summed E-state index contributed by atoms with van der Waals surface area (Å²) >= 11 is 4.78. The third kappa shape index (κ3) is 1.60. The Labute approximate surface area is 73.1 Å². The van der Waals surface area contributed by atoms with E-state index in [0.717, 1.165) is 6.07 Å². The van der Waals surface area contributed by atoms with E-state index < -0.39 is 5.97 Å². The number of hydrogen-bond acceptors (Lipinski definition) is 4. The van der Waals surface area contributed by atoms with Crippen LogP contribution in [0.3, 0.4) is 0 Å². The highest BCUT2D eigenvalue weighted by Crippen LogP contribution is 2.23. The van der Waals surface area contributed by atoms with E-state index in [-0.39, 0.29) is 17.1 Å². The SMILES string of the molecule is O=C(OCl)c1ccc(O)cc1O. The van der Waals surface area contributed by atoms with Crippen molar-refractivity contribution >= 4 is 17.8 Å². The molecule has 0 aromatic heterocycles. The molecule has 0 fully saturated rings. The summed E-state index contributed by atoms with van der Waals surface area (Å²) in [4.78, 5) is 10.7. The Bertz CT molecular complexity index is 310. The molecule has 0 saturated carbocycles. The third-order valence-electron chi connectivity index (χ3n) is 1.27. The molecule has 0 amide bonds. The van der Waals surface area contributed by atoms with Gasteiger partial charge in [-0.25, -0.2) is 4.79 Å². The molecule has 0 unspecified atom stereocenters. The van der Waals surface area contributed by atoms with Gasteiger partial charge in [0.1, 0.15) is 28.9 Å². The van der Waals surface area contributed by atoms with E-state index in [1.165, 1.54) is 12.1 Å². The maximum atomic E-state index is 10.7. The predicted molar refractivity (Wildman–Crippen MR) is 41.0 cm³/mol. The van der Waals surface area contributed by atoms with E-state index in [1.54, 1.807) is 0 Å². The van der Waals surface area contributed by atoms with Crippen LogP contribution in [0, 0.1) is 0 Å². The fraction of sp³-hybridized carbons (Fsp3) is 0. The minimum atomic E-state index is -0.867. The molecule has 0 radical (unpaired) electrons. The molecule has 0 saturated heterocycles. The van der Waals surface area contributed by atoms with Crippen LogP contribution in [-0.2, 0) is 4.29 Å². The van der Waals surface area contributed by atoms with Crippen LogP contribution < -0.4 is 0 Å². The molecule has 5 heteroatoms. The van der Waals surface area contributed by atoms with Crippen molar-refractivity contribution in [3.05, 3.63) is 23.8 Å². The van der Waals surface area contributed by atoms with Crippen molar-refractivity contribution in [1.29, 1.82) is 0 Å². The fourth-order valence-electron chi connectivity index (χ4n) is 0.734. The molecule has 0 spiro atoms. The number of aromatic hydroxyl groups is 2. The smallest absolute Gasteiger partial charge is 0.360 e. The minimum Gasteiger partial charge on any atom is -0.508 e. The van der Waals surface area contributed by atoms with Gasteiger partial charge in [0.05, 0.1) is 0 Å². The van der Waals surface area contributed by atoms with Crippen LogP contribution in [0.4, 0.5) is 0 Å². The number of benzene rings is 1. The van der Waals surface area contributed by atoms with Crippen molar-refractivity contribution in [1.82, 2.24) is 0 Å². The first kappa shape index (κ1) is 8.67. The van der Waals surface area contributed by atoms with Crippen LogP contribution >= 0.6 is 11.9 Å². The third-order valence-corrected chi connectivity index (χ3v) is 1.41. The van der Waals surface area contributed by atoms with Crippen LogP contribution in [0.15, 0.2) is 18.2 Å². The van der Waals surface area contributed by atoms with E-state index >= 15 is 0 Å². The van der Waals surface area contributed by atoms with E-state index in [4.69, 9.17) is 22.1 Å². The zero-order valence-electron chi connectivity index (χ0n) is 5.82. The molecule has 0 atom stereocenters. The van der Waals surface area contributed by atoms with Gasteiger partial charge in [-0.1, -0.05) is 0 Å². The lowest BCUT2D eigenvalue weighted by atomic mass is 10.2. The molecular formula is C7H5ClO4. The van der Waals surface area contributed by atoms with Gasteiger partial charge in [-0.05, 0) is 12.1 Å².